The summed E-state index contributed by atoms with van der Waals surface area (Å²) < 4.78 is 1.00. The number of carboxylic acid groups (broad SMARTS) is 1. The lowest BCUT2D eigenvalue weighted by atomic mass is 9.89. The molecular formula is C12H11BrO2. The number of carbonyl (C=O) groups is 1. The van der Waals surface area contributed by atoms with Crippen molar-refractivity contribution in [3.63, 3.8) is 0 Å². The van der Waals surface area contributed by atoms with E-state index in [0.717, 1.165) is 22.9 Å². The molecule has 0 bridgehead atoms. The number of aliphatic carboxylic acids is 1. The van der Waals surface area contributed by atoms with E-state index in [-0.39, 0.29) is 5.41 Å². The third kappa shape index (κ3) is 1.72. The highest BCUT2D eigenvalue weighted by Gasteiger charge is 2.49. The summed E-state index contributed by atoms with van der Waals surface area (Å²) in [6, 6.07) is 7.80. The van der Waals surface area contributed by atoms with Crippen LogP contribution < -0.4 is 0 Å². The Morgan fingerprint density at radius 1 is 1.33 bits per heavy atom. The second-order valence-corrected chi connectivity index (χ2v) is 4.79. The van der Waals surface area contributed by atoms with E-state index in [1.54, 1.807) is 0 Å². The largest absolute Gasteiger partial charge is 0.478 e. The molecule has 78 valence electrons. The van der Waals surface area contributed by atoms with Gasteiger partial charge in [0.25, 0.3) is 0 Å². The van der Waals surface area contributed by atoms with Gasteiger partial charge >= 0.3 is 5.97 Å². The molecule has 0 saturated heterocycles. The van der Waals surface area contributed by atoms with E-state index in [4.69, 9.17) is 5.11 Å². The van der Waals surface area contributed by atoms with Gasteiger partial charge in [-0.1, -0.05) is 34.6 Å². The average Bonchev–Trinajstić information content (AvgIpc) is 2.99. The second-order valence-electron chi connectivity index (χ2n) is 3.87. The lowest BCUT2D eigenvalue weighted by Crippen LogP contribution is -2.16. The highest BCUT2D eigenvalue weighted by Crippen LogP contribution is 2.53. The zero-order valence-electron chi connectivity index (χ0n) is 8.16. The number of benzene rings is 1. The standard InChI is InChI=1S/C12H11BrO2/c1-8(11(14)15)12(6-7-12)9-2-4-10(13)5-3-9/h2-5H,1,6-7H2,(H,14,15). The number of carboxylic acids is 1. The number of hydrogen-bond acceptors (Lipinski definition) is 1. The van der Waals surface area contributed by atoms with Crippen LogP contribution >= 0.6 is 15.9 Å². The molecule has 1 aromatic carbocycles. The van der Waals surface area contributed by atoms with Crippen LogP contribution in [0.3, 0.4) is 0 Å². The monoisotopic (exact) mass is 266 g/mol. The number of hydrogen-bond donors (Lipinski definition) is 1. The normalized spacial score (nSPS) is 17.1. The Kier molecular flexibility index (Phi) is 2.43. The van der Waals surface area contributed by atoms with Crippen LogP contribution in [0.25, 0.3) is 0 Å². The molecule has 1 aliphatic carbocycles. The summed E-state index contributed by atoms with van der Waals surface area (Å²) in [6.07, 6.45) is 1.78. The molecule has 2 rings (SSSR count). The van der Waals surface area contributed by atoms with E-state index in [0.29, 0.717) is 5.57 Å². The molecule has 1 N–H and O–H groups in total. The van der Waals surface area contributed by atoms with E-state index >= 15 is 0 Å². The molecule has 0 aliphatic heterocycles. The summed E-state index contributed by atoms with van der Waals surface area (Å²) in [6.45, 7) is 3.68. The molecule has 0 unspecified atom stereocenters. The Bertz CT molecular complexity index is 416. The molecule has 0 heterocycles. The third-order valence-corrected chi connectivity index (χ3v) is 3.51. The fraction of sp³-hybridized carbons (Fsp3) is 0.250. The Hall–Kier alpha value is -1.09. The Morgan fingerprint density at radius 2 is 1.87 bits per heavy atom. The van der Waals surface area contributed by atoms with Crippen molar-refractivity contribution in [3.05, 3.63) is 46.5 Å². The zero-order chi connectivity index (χ0) is 11.1. The van der Waals surface area contributed by atoms with Crippen molar-refractivity contribution in [1.29, 1.82) is 0 Å². The first-order chi connectivity index (χ1) is 7.06. The minimum absolute atomic E-state index is 0.299. The summed E-state index contributed by atoms with van der Waals surface area (Å²) in [7, 11) is 0. The summed E-state index contributed by atoms with van der Waals surface area (Å²) in [5.41, 5.74) is 1.06. The summed E-state index contributed by atoms with van der Waals surface area (Å²) in [5.74, 6) is -0.893. The average molecular weight is 267 g/mol. The lowest BCUT2D eigenvalue weighted by Gasteiger charge is -2.15. The molecule has 0 radical (unpaired) electrons. The van der Waals surface area contributed by atoms with E-state index in [9.17, 15) is 4.79 Å². The molecule has 3 heteroatoms. The van der Waals surface area contributed by atoms with Gasteiger partial charge in [-0.15, -0.1) is 0 Å². The van der Waals surface area contributed by atoms with Gasteiger partial charge in [0.2, 0.25) is 0 Å². The van der Waals surface area contributed by atoms with E-state index in [2.05, 4.69) is 22.5 Å². The molecule has 0 amide bonds. The maximum atomic E-state index is 10.9. The molecule has 1 aliphatic rings. The van der Waals surface area contributed by atoms with Crippen molar-refractivity contribution < 1.29 is 9.90 Å². The van der Waals surface area contributed by atoms with Gasteiger partial charge < -0.3 is 5.11 Å². The van der Waals surface area contributed by atoms with Crippen molar-refractivity contribution in [3.8, 4) is 0 Å². The summed E-state index contributed by atoms with van der Waals surface area (Å²) in [4.78, 5) is 10.9. The fourth-order valence-corrected chi connectivity index (χ4v) is 2.13. The van der Waals surface area contributed by atoms with Crippen molar-refractivity contribution in [2.24, 2.45) is 0 Å². The molecule has 0 aromatic heterocycles. The van der Waals surface area contributed by atoms with Crippen LogP contribution in [0.15, 0.2) is 40.9 Å². The minimum atomic E-state index is -0.893. The van der Waals surface area contributed by atoms with Gasteiger partial charge in [-0.3, -0.25) is 0 Å². The number of halogens is 1. The van der Waals surface area contributed by atoms with Gasteiger partial charge in [0, 0.05) is 15.5 Å². The predicted molar refractivity (Wildman–Crippen MR) is 61.8 cm³/mol. The highest BCUT2D eigenvalue weighted by molar-refractivity contribution is 9.10. The van der Waals surface area contributed by atoms with E-state index in [1.807, 2.05) is 24.3 Å². The van der Waals surface area contributed by atoms with Crippen LogP contribution in [0.4, 0.5) is 0 Å². The second kappa shape index (κ2) is 3.49. The highest BCUT2D eigenvalue weighted by atomic mass is 79.9. The first-order valence-corrected chi connectivity index (χ1v) is 5.54. The first kappa shape index (κ1) is 10.4. The quantitative estimate of drug-likeness (QED) is 0.854. The molecule has 15 heavy (non-hydrogen) atoms. The van der Waals surface area contributed by atoms with Crippen LogP contribution in [0.2, 0.25) is 0 Å². The van der Waals surface area contributed by atoms with Crippen LogP contribution in [-0.2, 0) is 10.2 Å². The van der Waals surface area contributed by atoms with Crippen LogP contribution in [0, 0.1) is 0 Å². The van der Waals surface area contributed by atoms with Gasteiger partial charge in [0.1, 0.15) is 0 Å². The maximum absolute atomic E-state index is 10.9. The fourth-order valence-electron chi connectivity index (χ4n) is 1.86. The summed E-state index contributed by atoms with van der Waals surface area (Å²) >= 11 is 3.36. The Balaban J connectivity index is 2.34. The molecule has 0 atom stereocenters. The molecule has 1 fully saturated rings. The molecule has 1 saturated carbocycles. The Morgan fingerprint density at radius 3 is 2.27 bits per heavy atom. The first-order valence-electron chi connectivity index (χ1n) is 4.75. The van der Waals surface area contributed by atoms with Gasteiger partial charge in [0.15, 0.2) is 0 Å². The van der Waals surface area contributed by atoms with Crippen LogP contribution in [0.5, 0.6) is 0 Å². The van der Waals surface area contributed by atoms with Crippen LogP contribution in [-0.4, -0.2) is 11.1 Å². The Labute approximate surface area is 96.7 Å². The van der Waals surface area contributed by atoms with Gasteiger partial charge in [-0.05, 0) is 30.5 Å². The number of rotatable bonds is 3. The molecular weight excluding hydrogens is 256 g/mol. The summed E-state index contributed by atoms with van der Waals surface area (Å²) in [5, 5.41) is 8.96. The van der Waals surface area contributed by atoms with Crippen molar-refractivity contribution in [2.75, 3.05) is 0 Å². The van der Waals surface area contributed by atoms with Crippen molar-refractivity contribution in [2.45, 2.75) is 18.3 Å². The molecule has 1 aromatic rings. The smallest absolute Gasteiger partial charge is 0.331 e. The lowest BCUT2D eigenvalue weighted by molar-refractivity contribution is -0.133. The molecule has 2 nitrogen and oxygen atoms in total. The predicted octanol–water partition coefficient (Wildman–Crippen LogP) is 3.12. The van der Waals surface area contributed by atoms with Crippen molar-refractivity contribution in [1.82, 2.24) is 0 Å². The van der Waals surface area contributed by atoms with Crippen LogP contribution in [0.1, 0.15) is 18.4 Å². The zero-order valence-corrected chi connectivity index (χ0v) is 9.75. The third-order valence-electron chi connectivity index (χ3n) is 2.98. The SMILES string of the molecule is C=C(C(=O)O)C1(c2ccc(Br)cc2)CC1. The van der Waals surface area contributed by atoms with E-state index < -0.39 is 5.97 Å². The maximum Gasteiger partial charge on any atom is 0.331 e. The topological polar surface area (TPSA) is 37.3 Å². The van der Waals surface area contributed by atoms with Crippen molar-refractivity contribution >= 4 is 21.9 Å². The van der Waals surface area contributed by atoms with Gasteiger partial charge in [-0.2, -0.15) is 0 Å². The van der Waals surface area contributed by atoms with Gasteiger partial charge in [0.05, 0.1) is 0 Å². The molecule has 0 spiro atoms. The minimum Gasteiger partial charge on any atom is -0.478 e. The van der Waals surface area contributed by atoms with E-state index in [1.165, 1.54) is 0 Å². The van der Waals surface area contributed by atoms with Gasteiger partial charge in [-0.25, -0.2) is 4.79 Å².